The molecule has 0 unspecified atom stereocenters. The van der Waals surface area contributed by atoms with Gasteiger partial charge in [0.1, 0.15) is 0 Å². The van der Waals surface area contributed by atoms with Gasteiger partial charge < -0.3 is 10.2 Å². The SMILES string of the molecule is CCCNCC(=O)N(C)Cc1ccc(C(C)(C)C)cc1. The molecular weight excluding hydrogens is 248 g/mol. The predicted octanol–water partition coefficient (Wildman–Crippen LogP) is 2.94. The highest BCUT2D eigenvalue weighted by atomic mass is 16.2. The zero-order valence-corrected chi connectivity index (χ0v) is 13.5. The van der Waals surface area contributed by atoms with Crippen molar-refractivity contribution in [2.45, 2.75) is 46.1 Å². The Hall–Kier alpha value is -1.35. The Balaban J connectivity index is 2.53. The average Bonchev–Trinajstić information content (AvgIpc) is 2.38. The summed E-state index contributed by atoms with van der Waals surface area (Å²) in [6, 6.07) is 8.54. The average molecular weight is 276 g/mol. The molecule has 1 N–H and O–H groups in total. The summed E-state index contributed by atoms with van der Waals surface area (Å²) in [6.45, 7) is 10.7. The van der Waals surface area contributed by atoms with Crippen LogP contribution in [0, 0.1) is 0 Å². The maximum absolute atomic E-state index is 11.9. The molecule has 1 aromatic rings. The summed E-state index contributed by atoms with van der Waals surface area (Å²) in [5, 5.41) is 3.14. The van der Waals surface area contributed by atoms with E-state index in [9.17, 15) is 4.79 Å². The molecule has 0 bridgehead atoms. The van der Waals surface area contributed by atoms with E-state index in [4.69, 9.17) is 0 Å². The second kappa shape index (κ2) is 7.44. The van der Waals surface area contributed by atoms with Crippen LogP contribution in [-0.4, -0.2) is 30.9 Å². The third kappa shape index (κ3) is 5.33. The van der Waals surface area contributed by atoms with E-state index in [1.165, 1.54) is 11.1 Å². The maximum Gasteiger partial charge on any atom is 0.236 e. The van der Waals surface area contributed by atoms with Gasteiger partial charge in [0.15, 0.2) is 0 Å². The first kappa shape index (κ1) is 16.7. The van der Waals surface area contributed by atoms with Crippen LogP contribution in [0.3, 0.4) is 0 Å². The molecule has 3 heteroatoms. The molecule has 1 rings (SSSR count). The van der Waals surface area contributed by atoms with Crippen LogP contribution in [0.25, 0.3) is 0 Å². The van der Waals surface area contributed by atoms with Gasteiger partial charge in [-0.1, -0.05) is 52.0 Å². The van der Waals surface area contributed by atoms with Gasteiger partial charge in [0.2, 0.25) is 5.91 Å². The number of nitrogens with one attached hydrogen (secondary N) is 1. The fraction of sp³-hybridized carbons (Fsp3) is 0.588. The third-order valence-corrected chi connectivity index (χ3v) is 3.37. The summed E-state index contributed by atoms with van der Waals surface area (Å²) in [7, 11) is 1.85. The molecule has 0 aromatic heterocycles. The molecule has 0 saturated heterocycles. The number of nitrogens with zero attached hydrogens (tertiary/aromatic N) is 1. The van der Waals surface area contributed by atoms with Crippen molar-refractivity contribution >= 4 is 5.91 Å². The number of likely N-dealkylation sites (N-methyl/N-ethyl adjacent to an activating group) is 1. The van der Waals surface area contributed by atoms with Gasteiger partial charge in [-0.2, -0.15) is 0 Å². The number of hydrogen-bond acceptors (Lipinski definition) is 2. The highest BCUT2D eigenvalue weighted by molar-refractivity contribution is 5.77. The number of carbonyl (C=O) groups excluding carboxylic acids is 1. The zero-order valence-electron chi connectivity index (χ0n) is 13.5. The van der Waals surface area contributed by atoms with E-state index in [0.717, 1.165) is 13.0 Å². The van der Waals surface area contributed by atoms with Crippen LogP contribution in [0.15, 0.2) is 24.3 Å². The number of carbonyl (C=O) groups is 1. The summed E-state index contributed by atoms with van der Waals surface area (Å²) in [6.07, 6.45) is 1.05. The molecule has 0 fully saturated rings. The van der Waals surface area contributed by atoms with Gasteiger partial charge in [0.05, 0.1) is 6.54 Å². The van der Waals surface area contributed by atoms with Crippen LogP contribution in [-0.2, 0) is 16.8 Å². The first-order valence-electron chi connectivity index (χ1n) is 7.38. The van der Waals surface area contributed by atoms with Crippen LogP contribution in [0.1, 0.15) is 45.2 Å². The van der Waals surface area contributed by atoms with Crippen molar-refractivity contribution in [3.8, 4) is 0 Å². The van der Waals surface area contributed by atoms with Gasteiger partial charge in [-0.3, -0.25) is 4.79 Å². The lowest BCUT2D eigenvalue weighted by atomic mass is 9.87. The van der Waals surface area contributed by atoms with Crippen LogP contribution >= 0.6 is 0 Å². The van der Waals surface area contributed by atoms with Gasteiger partial charge in [0, 0.05) is 13.6 Å². The molecule has 0 aliphatic rings. The van der Waals surface area contributed by atoms with Crippen molar-refractivity contribution in [1.29, 1.82) is 0 Å². The minimum absolute atomic E-state index is 0.137. The smallest absolute Gasteiger partial charge is 0.236 e. The highest BCUT2D eigenvalue weighted by Gasteiger charge is 2.13. The van der Waals surface area contributed by atoms with E-state index in [-0.39, 0.29) is 11.3 Å². The van der Waals surface area contributed by atoms with E-state index >= 15 is 0 Å². The van der Waals surface area contributed by atoms with Gasteiger partial charge >= 0.3 is 0 Å². The standard InChI is InChI=1S/C17H28N2O/c1-6-11-18-12-16(20)19(5)13-14-7-9-15(10-8-14)17(2,3)4/h7-10,18H,6,11-13H2,1-5H3. The van der Waals surface area contributed by atoms with E-state index < -0.39 is 0 Å². The Morgan fingerprint density at radius 3 is 2.30 bits per heavy atom. The molecule has 1 aromatic carbocycles. The molecule has 0 atom stereocenters. The molecule has 1 amide bonds. The summed E-state index contributed by atoms with van der Waals surface area (Å²) in [5.41, 5.74) is 2.66. The summed E-state index contributed by atoms with van der Waals surface area (Å²) in [5.74, 6) is 0.137. The number of amides is 1. The van der Waals surface area contributed by atoms with E-state index in [2.05, 4.69) is 57.3 Å². The number of hydrogen-bond donors (Lipinski definition) is 1. The monoisotopic (exact) mass is 276 g/mol. The van der Waals surface area contributed by atoms with Crippen molar-refractivity contribution in [3.63, 3.8) is 0 Å². The van der Waals surface area contributed by atoms with E-state index in [0.29, 0.717) is 13.1 Å². The quantitative estimate of drug-likeness (QED) is 0.810. The third-order valence-electron chi connectivity index (χ3n) is 3.37. The Morgan fingerprint density at radius 1 is 1.20 bits per heavy atom. The minimum atomic E-state index is 0.137. The fourth-order valence-electron chi connectivity index (χ4n) is 1.98. The Morgan fingerprint density at radius 2 is 1.80 bits per heavy atom. The molecule has 0 radical (unpaired) electrons. The molecule has 20 heavy (non-hydrogen) atoms. The van der Waals surface area contributed by atoms with Crippen LogP contribution in [0.2, 0.25) is 0 Å². The first-order valence-corrected chi connectivity index (χ1v) is 7.38. The van der Waals surface area contributed by atoms with Crippen LogP contribution in [0.4, 0.5) is 0 Å². The topological polar surface area (TPSA) is 32.3 Å². The van der Waals surface area contributed by atoms with Crippen LogP contribution in [0.5, 0.6) is 0 Å². The molecule has 0 heterocycles. The lowest BCUT2D eigenvalue weighted by molar-refractivity contribution is -0.129. The van der Waals surface area contributed by atoms with Gasteiger partial charge in [-0.25, -0.2) is 0 Å². The minimum Gasteiger partial charge on any atom is -0.340 e. The Labute approximate surface area is 123 Å². The predicted molar refractivity (Wildman–Crippen MR) is 84.8 cm³/mol. The lowest BCUT2D eigenvalue weighted by Gasteiger charge is -2.21. The first-order chi connectivity index (χ1) is 9.34. The largest absolute Gasteiger partial charge is 0.340 e. The Kier molecular flexibility index (Phi) is 6.21. The second-order valence-corrected chi connectivity index (χ2v) is 6.37. The summed E-state index contributed by atoms with van der Waals surface area (Å²) < 4.78 is 0. The van der Waals surface area contributed by atoms with Gasteiger partial charge in [-0.15, -0.1) is 0 Å². The highest BCUT2D eigenvalue weighted by Crippen LogP contribution is 2.22. The maximum atomic E-state index is 11.9. The normalized spacial score (nSPS) is 11.4. The van der Waals surface area contributed by atoms with E-state index in [1.807, 2.05) is 7.05 Å². The molecule has 0 aliphatic heterocycles. The molecule has 3 nitrogen and oxygen atoms in total. The van der Waals surface area contributed by atoms with Crippen molar-refractivity contribution < 1.29 is 4.79 Å². The summed E-state index contributed by atoms with van der Waals surface area (Å²) in [4.78, 5) is 13.7. The van der Waals surface area contributed by atoms with Gasteiger partial charge in [0.25, 0.3) is 0 Å². The zero-order chi connectivity index (χ0) is 15.2. The molecule has 0 saturated carbocycles. The number of benzene rings is 1. The molecule has 0 spiro atoms. The second-order valence-electron chi connectivity index (χ2n) is 6.37. The summed E-state index contributed by atoms with van der Waals surface area (Å²) >= 11 is 0. The van der Waals surface area contributed by atoms with Crippen molar-refractivity contribution in [2.75, 3.05) is 20.1 Å². The van der Waals surface area contributed by atoms with Crippen molar-refractivity contribution in [1.82, 2.24) is 10.2 Å². The lowest BCUT2D eigenvalue weighted by Crippen LogP contribution is -2.35. The van der Waals surface area contributed by atoms with Gasteiger partial charge in [-0.05, 0) is 29.5 Å². The van der Waals surface area contributed by atoms with Crippen molar-refractivity contribution in [3.05, 3.63) is 35.4 Å². The molecular formula is C17H28N2O. The molecule has 112 valence electrons. The molecule has 0 aliphatic carbocycles. The number of rotatable bonds is 6. The van der Waals surface area contributed by atoms with E-state index in [1.54, 1.807) is 4.90 Å². The van der Waals surface area contributed by atoms with Crippen LogP contribution < -0.4 is 5.32 Å². The van der Waals surface area contributed by atoms with Crippen molar-refractivity contribution in [2.24, 2.45) is 0 Å². The fourth-order valence-corrected chi connectivity index (χ4v) is 1.98. The Bertz CT molecular complexity index is 418.